The maximum atomic E-state index is 12.8. The van der Waals surface area contributed by atoms with Crippen molar-refractivity contribution in [3.8, 4) is 0 Å². The van der Waals surface area contributed by atoms with Crippen molar-refractivity contribution in [2.45, 2.75) is 24.7 Å². The SMILES string of the molecule is OC1OC(N(F)F)C(F)(C(F)(F)F)O1. The number of hydrogen-bond acceptors (Lipinski definition) is 4. The Morgan fingerprint density at radius 3 is 2.07 bits per heavy atom. The molecule has 0 spiro atoms. The zero-order valence-electron chi connectivity index (χ0n) is 6.13. The van der Waals surface area contributed by atoms with Crippen LogP contribution in [0.15, 0.2) is 0 Å². The quantitative estimate of drug-likeness (QED) is 0.534. The van der Waals surface area contributed by atoms with Crippen molar-refractivity contribution in [3.05, 3.63) is 0 Å². The highest BCUT2D eigenvalue weighted by Gasteiger charge is 2.71. The number of ether oxygens (including phenoxy) is 2. The van der Waals surface area contributed by atoms with Crippen molar-refractivity contribution >= 4 is 0 Å². The molecular formula is C4H3F6NO3. The summed E-state index contributed by atoms with van der Waals surface area (Å²) in [6.45, 7) is -2.69. The molecule has 0 saturated carbocycles. The lowest BCUT2D eigenvalue weighted by Crippen LogP contribution is -2.52. The molecule has 14 heavy (non-hydrogen) atoms. The lowest BCUT2D eigenvalue weighted by Gasteiger charge is -2.25. The molecule has 0 aromatic rings. The third-order valence-electron chi connectivity index (χ3n) is 1.40. The van der Waals surface area contributed by atoms with E-state index in [1.165, 1.54) is 0 Å². The predicted octanol–water partition coefficient (Wildman–Crippen LogP) is 0.934. The number of aliphatic hydroxyl groups excluding tert-OH is 1. The van der Waals surface area contributed by atoms with Crippen LogP contribution in [0.4, 0.5) is 26.5 Å². The van der Waals surface area contributed by atoms with Crippen LogP contribution < -0.4 is 0 Å². The molecule has 10 heteroatoms. The molecule has 0 aromatic heterocycles. The second-order valence-corrected chi connectivity index (χ2v) is 2.32. The van der Waals surface area contributed by atoms with E-state index in [1.807, 2.05) is 0 Å². The van der Waals surface area contributed by atoms with E-state index in [-0.39, 0.29) is 0 Å². The molecular weight excluding hydrogens is 224 g/mol. The molecule has 4 nitrogen and oxygen atoms in total. The van der Waals surface area contributed by atoms with Gasteiger partial charge in [-0.2, -0.15) is 17.6 Å². The Morgan fingerprint density at radius 2 is 1.79 bits per heavy atom. The summed E-state index contributed by atoms with van der Waals surface area (Å²) in [5, 5.41) is 6.13. The van der Waals surface area contributed by atoms with E-state index in [1.54, 1.807) is 0 Å². The number of rotatable bonds is 1. The Labute approximate surface area is 72.5 Å². The third kappa shape index (κ3) is 1.65. The Morgan fingerprint density at radius 1 is 1.29 bits per heavy atom. The van der Waals surface area contributed by atoms with Crippen molar-refractivity contribution in [1.29, 1.82) is 0 Å². The van der Waals surface area contributed by atoms with Crippen LogP contribution in [0.25, 0.3) is 0 Å². The van der Waals surface area contributed by atoms with Crippen molar-refractivity contribution in [2.75, 3.05) is 0 Å². The van der Waals surface area contributed by atoms with E-state index in [9.17, 15) is 26.5 Å². The molecule has 0 bridgehead atoms. The van der Waals surface area contributed by atoms with Gasteiger partial charge in [0.15, 0.2) is 0 Å². The zero-order valence-corrected chi connectivity index (χ0v) is 6.13. The largest absolute Gasteiger partial charge is 0.453 e. The Hall–Kier alpha value is -0.580. The van der Waals surface area contributed by atoms with E-state index in [0.717, 1.165) is 0 Å². The highest BCUT2D eigenvalue weighted by molar-refractivity contribution is 4.86. The molecule has 1 heterocycles. The molecule has 0 radical (unpaired) electrons. The van der Waals surface area contributed by atoms with Crippen LogP contribution in [0, 0.1) is 0 Å². The molecule has 0 aromatic carbocycles. The van der Waals surface area contributed by atoms with Gasteiger partial charge in [-0.25, -0.2) is 0 Å². The number of halogens is 6. The van der Waals surface area contributed by atoms with Gasteiger partial charge in [0.05, 0.1) is 5.34 Å². The maximum Gasteiger partial charge on any atom is 0.453 e. The van der Waals surface area contributed by atoms with Gasteiger partial charge in [0, 0.05) is 0 Å². The zero-order chi connectivity index (χ0) is 11.1. The van der Waals surface area contributed by atoms with Gasteiger partial charge in [-0.3, -0.25) is 9.47 Å². The smallest absolute Gasteiger partial charge is 0.346 e. The number of nitrogens with zero attached hydrogens (tertiary/aromatic N) is 1. The minimum Gasteiger partial charge on any atom is -0.346 e. The molecule has 1 rings (SSSR count). The van der Waals surface area contributed by atoms with Crippen molar-refractivity contribution in [3.63, 3.8) is 0 Å². The predicted molar refractivity (Wildman–Crippen MR) is 25.9 cm³/mol. The normalized spacial score (nSPS) is 39.4. The molecule has 1 N–H and O–H groups in total. The van der Waals surface area contributed by atoms with Crippen molar-refractivity contribution in [1.82, 2.24) is 5.34 Å². The topological polar surface area (TPSA) is 41.9 Å². The van der Waals surface area contributed by atoms with Gasteiger partial charge < -0.3 is 5.11 Å². The van der Waals surface area contributed by atoms with Crippen LogP contribution in [0.1, 0.15) is 0 Å². The Kier molecular flexibility index (Phi) is 2.65. The first-order chi connectivity index (χ1) is 6.18. The number of alkyl halides is 4. The highest BCUT2D eigenvalue weighted by atomic mass is 19.4. The molecule has 0 aliphatic carbocycles. The summed E-state index contributed by atoms with van der Waals surface area (Å²) >= 11 is 0. The molecule has 1 saturated heterocycles. The summed E-state index contributed by atoms with van der Waals surface area (Å²) in [4.78, 5) is 0. The van der Waals surface area contributed by atoms with E-state index >= 15 is 0 Å². The summed E-state index contributed by atoms with van der Waals surface area (Å²) in [5.41, 5.74) is 0. The van der Waals surface area contributed by atoms with Crippen LogP contribution >= 0.6 is 0 Å². The Bertz CT molecular complexity index is 222. The number of hydrogen-bond donors (Lipinski definition) is 1. The second kappa shape index (κ2) is 3.22. The van der Waals surface area contributed by atoms with Crippen molar-refractivity contribution in [2.24, 2.45) is 0 Å². The van der Waals surface area contributed by atoms with Crippen LogP contribution in [0.3, 0.4) is 0 Å². The fraction of sp³-hybridized carbons (Fsp3) is 1.00. The van der Waals surface area contributed by atoms with E-state index in [4.69, 9.17) is 5.11 Å². The summed E-state index contributed by atoms with van der Waals surface area (Å²) in [6.07, 6.45) is -9.09. The van der Waals surface area contributed by atoms with E-state index < -0.39 is 30.1 Å². The fourth-order valence-corrected chi connectivity index (χ4v) is 0.809. The summed E-state index contributed by atoms with van der Waals surface area (Å²) in [5.74, 6) is -4.75. The van der Waals surface area contributed by atoms with Crippen molar-refractivity contribution < 1.29 is 41.1 Å². The van der Waals surface area contributed by atoms with Gasteiger partial charge in [0.25, 0.3) is 6.48 Å². The van der Waals surface area contributed by atoms with Crippen LogP contribution in [-0.4, -0.2) is 35.2 Å². The molecule has 84 valence electrons. The molecule has 1 fully saturated rings. The van der Waals surface area contributed by atoms with Gasteiger partial charge in [0.1, 0.15) is 0 Å². The van der Waals surface area contributed by atoms with Crippen LogP contribution in [-0.2, 0) is 9.47 Å². The first-order valence-electron chi connectivity index (χ1n) is 3.06. The van der Waals surface area contributed by atoms with E-state index in [0.29, 0.717) is 0 Å². The number of aliphatic hydroxyl groups is 1. The van der Waals surface area contributed by atoms with Crippen LogP contribution in [0.5, 0.6) is 0 Å². The third-order valence-corrected chi connectivity index (χ3v) is 1.40. The molecule has 3 atom stereocenters. The van der Waals surface area contributed by atoms with Gasteiger partial charge in [-0.1, -0.05) is 8.96 Å². The van der Waals surface area contributed by atoms with Crippen LogP contribution in [0.2, 0.25) is 0 Å². The van der Waals surface area contributed by atoms with Gasteiger partial charge in [-0.05, 0) is 0 Å². The first-order valence-corrected chi connectivity index (χ1v) is 3.06. The van der Waals surface area contributed by atoms with Gasteiger partial charge in [0.2, 0.25) is 6.23 Å². The highest BCUT2D eigenvalue weighted by Crippen LogP contribution is 2.45. The lowest BCUT2D eigenvalue weighted by molar-refractivity contribution is -0.375. The summed E-state index contributed by atoms with van der Waals surface area (Å²) in [7, 11) is 0. The monoisotopic (exact) mass is 227 g/mol. The molecule has 1 aliphatic rings. The minimum absolute atomic E-state index is 2.18. The summed E-state index contributed by atoms with van der Waals surface area (Å²) < 4.78 is 78.6. The van der Waals surface area contributed by atoms with Gasteiger partial charge >= 0.3 is 12.0 Å². The average molecular weight is 227 g/mol. The second-order valence-electron chi connectivity index (χ2n) is 2.32. The molecule has 1 aliphatic heterocycles. The maximum absolute atomic E-state index is 12.8. The fourth-order valence-electron chi connectivity index (χ4n) is 0.809. The minimum atomic E-state index is -5.74. The van der Waals surface area contributed by atoms with E-state index in [2.05, 4.69) is 9.47 Å². The first kappa shape index (κ1) is 11.5. The Balaban J connectivity index is 2.95. The van der Waals surface area contributed by atoms with Gasteiger partial charge in [-0.15, -0.1) is 0 Å². The average Bonchev–Trinajstić information content (AvgIpc) is 2.25. The standard InChI is InChI=1S/C4H3F6NO3/c5-3(4(6,7)8)1(11(9)10)13-2(12)14-3/h1-2,12H. The lowest BCUT2D eigenvalue weighted by atomic mass is 10.3. The molecule has 3 unspecified atom stereocenters. The summed E-state index contributed by atoms with van der Waals surface area (Å²) in [6, 6.07) is 0. The molecule has 0 amide bonds.